The zero-order valence-corrected chi connectivity index (χ0v) is 40.4. The predicted octanol–water partition coefficient (Wildman–Crippen LogP) is 4.19. The van der Waals surface area contributed by atoms with E-state index < -0.39 is 76.9 Å². The Morgan fingerprint density at radius 3 is 1.61 bits per heavy atom. The van der Waals surface area contributed by atoms with Crippen molar-refractivity contribution in [2.45, 2.75) is 147 Å². The smallest absolute Gasteiger partial charge is 0.321 e. The normalized spacial score (nSPS) is 18.3. The molecule has 0 aliphatic carbocycles. The summed E-state index contributed by atoms with van der Waals surface area (Å²) in [6.07, 6.45) is 2.36. The molecule has 15 nitrogen and oxygen atoms in total. The topological polar surface area (TPSA) is 215 Å². The summed E-state index contributed by atoms with van der Waals surface area (Å²) in [5, 5.41) is 8.68. The average molecular weight is 924 g/mol. The van der Waals surface area contributed by atoms with Gasteiger partial charge in [-0.3, -0.25) is 33.7 Å². The second kappa shape index (κ2) is 23.9. The van der Waals surface area contributed by atoms with Crippen LogP contribution in [0.15, 0.2) is 91.0 Å². The minimum atomic E-state index is -1.48. The SMILES string of the molecule is CC(CC(NC(=O)C(Cc1ccccc1)NC(=O)C(N)Cc1ccccc1)C(=O)NC(CCCCN)C(=O)N1C2CC1CN(Cc1ccccc1)C2)C(C(=O)OC(C)(C)C)C(=O)OC(C)(C)C. The van der Waals surface area contributed by atoms with E-state index in [2.05, 4.69) is 33.0 Å². The van der Waals surface area contributed by atoms with Crippen LogP contribution in [0, 0.1) is 11.8 Å². The number of hydrogen-bond acceptors (Lipinski definition) is 11. The lowest BCUT2D eigenvalue weighted by atomic mass is 9.85. The Kier molecular flexibility index (Phi) is 18.7. The fourth-order valence-corrected chi connectivity index (χ4v) is 8.83. The van der Waals surface area contributed by atoms with Gasteiger partial charge in [0.15, 0.2) is 5.92 Å². The Bertz CT molecular complexity index is 2070. The van der Waals surface area contributed by atoms with Crippen LogP contribution in [0.2, 0.25) is 0 Å². The molecule has 3 aromatic carbocycles. The molecule has 7 unspecified atom stereocenters. The lowest BCUT2D eigenvalue weighted by Gasteiger charge is -2.57. The van der Waals surface area contributed by atoms with Crippen LogP contribution in [0.1, 0.15) is 97.3 Å². The summed E-state index contributed by atoms with van der Waals surface area (Å²) in [5.74, 6) is -6.29. The molecule has 3 heterocycles. The first-order valence-corrected chi connectivity index (χ1v) is 23.7. The largest absolute Gasteiger partial charge is 0.459 e. The number of ether oxygens (including phenoxy) is 2. The molecular weight excluding hydrogens is 851 g/mol. The number of piperidine rings is 1. The standard InChI is InChI=1S/C52H73N7O8/c1-34(44(49(64)66-51(2,3)4)50(65)67-52(5,6)7)27-42(57-47(62)43(29-36-21-13-9-14-22-36)56-45(60)40(54)28-35-19-11-8-12-20-35)46(61)55-41(25-17-18-26-53)48(63)59-38-30-39(59)33-58(32-38)31-37-23-15-10-16-24-37/h8-16,19-24,34,38-44H,17-18,25-33,53-54H2,1-7H3,(H,55,61)(H,56,60)(H,57,62). The van der Waals surface area contributed by atoms with Crippen molar-refractivity contribution < 1.29 is 38.2 Å². The number of rotatable bonds is 22. The number of carbonyl (C=O) groups excluding carboxylic acids is 6. The number of carbonyl (C=O) groups is 6. The highest BCUT2D eigenvalue weighted by Gasteiger charge is 2.49. The Labute approximate surface area is 396 Å². The van der Waals surface area contributed by atoms with Crippen molar-refractivity contribution in [2.24, 2.45) is 23.3 Å². The van der Waals surface area contributed by atoms with Gasteiger partial charge in [0, 0.05) is 38.1 Å². The molecule has 0 radical (unpaired) electrons. The summed E-state index contributed by atoms with van der Waals surface area (Å²) in [5.41, 5.74) is 13.1. The number of unbranched alkanes of at least 4 members (excludes halogenated alkanes) is 1. The molecular formula is C52H73N7O8. The highest BCUT2D eigenvalue weighted by molar-refractivity contribution is 5.97. The molecule has 6 rings (SSSR count). The Morgan fingerprint density at radius 1 is 0.642 bits per heavy atom. The van der Waals surface area contributed by atoms with Gasteiger partial charge >= 0.3 is 11.9 Å². The monoisotopic (exact) mass is 924 g/mol. The number of benzene rings is 3. The van der Waals surface area contributed by atoms with E-state index in [1.165, 1.54) is 5.56 Å². The second-order valence-corrected chi connectivity index (χ2v) is 20.2. The summed E-state index contributed by atoms with van der Waals surface area (Å²) in [6.45, 7) is 14.2. The molecule has 3 aliphatic heterocycles. The van der Waals surface area contributed by atoms with Gasteiger partial charge in [0.05, 0.1) is 6.04 Å². The highest BCUT2D eigenvalue weighted by atomic mass is 16.6. The van der Waals surface area contributed by atoms with Crippen molar-refractivity contribution >= 4 is 35.6 Å². The fourth-order valence-electron chi connectivity index (χ4n) is 8.83. The summed E-state index contributed by atoms with van der Waals surface area (Å²) >= 11 is 0. The van der Waals surface area contributed by atoms with Crippen molar-refractivity contribution in [2.75, 3.05) is 19.6 Å². The van der Waals surface area contributed by atoms with E-state index in [0.717, 1.165) is 24.1 Å². The zero-order chi connectivity index (χ0) is 48.9. The van der Waals surface area contributed by atoms with Gasteiger partial charge in [-0.05, 0) is 109 Å². The van der Waals surface area contributed by atoms with Gasteiger partial charge in [0.2, 0.25) is 23.6 Å². The van der Waals surface area contributed by atoms with Crippen LogP contribution >= 0.6 is 0 Å². The second-order valence-electron chi connectivity index (χ2n) is 20.2. The van der Waals surface area contributed by atoms with Crippen LogP contribution in [0.5, 0.6) is 0 Å². The molecule has 7 N–H and O–H groups in total. The number of nitrogens with two attached hydrogens (primary N) is 2. The van der Waals surface area contributed by atoms with Crippen LogP contribution in [0.4, 0.5) is 0 Å². The average Bonchev–Trinajstić information content (AvgIpc) is 3.25. The lowest BCUT2D eigenvalue weighted by Crippen LogP contribution is -2.72. The predicted molar refractivity (Wildman–Crippen MR) is 257 cm³/mol. The number of hydrogen-bond donors (Lipinski definition) is 5. The van der Waals surface area contributed by atoms with Gasteiger partial charge in [-0.25, -0.2) is 0 Å². The molecule has 15 heteroatoms. The Balaban J connectivity index is 1.44. The van der Waals surface area contributed by atoms with Crippen LogP contribution in [0.3, 0.4) is 0 Å². The lowest BCUT2D eigenvalue weighted by molar-refractivity contribution is -0.177. The maximum Gasteiger partial charge on any atom is 0.321 e. The molecule has 3 aromatic rings. The Morgan fingerprint density at radius 2 is 1.10 bits per heavy atom. The summed E-state index contributed by atoms with van der Waals surface area (Å²) < 4.78 is 11.4. The summed E-state index contributed by atoms with van der Waals surface area (Å²) in [4.78, 5) is 89.7. The number of fused-ring (bicyclic) bond motifs is 2. The maximum absolute atomic E-state index is 14.9. The zero-order valence-electron chi connectivity index (χ0n) is 40.4. The van der Waals surface area contributed by atoms with Crippen molar-refractivity contribution in [3.8, 4) is 0 Å². The third kappa shape index (κ3) is 16.0. The first-order chi connectivity index (χ1) is 31.7. The minimum absolute atomic E-state index is 0.0292. The molecule has 0 spiro atoms. The van der Waals surface area contributed by atoms with E-state index >= 15 is 0 Å². The van der Waals surface area contributed by atoms with Crippen LogP contribution in [-0.4, -0.2) is 112 Å². The molecule has 364 valence electrons. The molecule has 3 saturated heterocycles. The summed E-state index contributed by atoms with van der Waals surface area (Å²) in [7, 11) is 0. The highest BCUT2D eigenvalue weighted by Crippen LogP contribution is 2.34. The van der Waals surface area contributed by atoms with E-state index in [9.17, 15) is 28.8 Å². The van der Waals surface area contributed by atoms with Crippen molar-refractivity contribution in [3.05, 3.63) is 108 Å². The van der Waals surface area contributed by atoms with Gasteiger partial charge in [0.1, 0.15) is 29.3 Å². The molecule has 4 amide bonds. The third-order valence-corrected chi connectivity index (χ3v) is 12.0. The maximum atomic E-state index is 14.9. The number of nitrogens with zero attached hydrogens (tertiary/aromatic N) is 2. The Hall–Kier alpha value is -5.64. The van der Waals surface area contributed by atoms with Gasteiger partial charge in [-0.15, -0.1) is 0 Å². The van der Waals surface area contributed by atoms with E-state index in [4.69, 9.17) is 20.9 Å². The number of esters is 2. The van der Waals surface area contributed by atoms with Gasteiger partial charge < -0.3 is 41.8 Å². The van der Waals surface area contributed by atoms with E-state index in [1.54, 1.807) is 48.5 Å². The van der Waals surface area contributed by atoms with Gasteiger partial charge in [-0.2, -0.15) is 0 Å². The molecule has 3 fully saturated rings. The molecule has 0 aromatic heterocycles. The summed E-state index contributed by atoms with van der Waals surface area (Å²) in [6, 6.07) is 23.9. The first kappa shape index (κ1) is 52.3. The molecule has 7 atom stereocenters. The quantitative estimate of drug-likeness (QED) is 0.0547. The van der Waals surface area contributed by atoms with E-state index in [0.29, 0.717) is 38.9 Å². The number of piperazine rings is 1. The molecule has 67 heavy (non-hydrogen) atoms. The first-order valence-electron chi connectivity index (χ1n) is 23.7. The third-order valence-electron chi connectivity index (χ3n) is 12.0. The fraction of sp³-hybridized carbons (Fsp3) is 0.538. The van der Waals surface area contributed by atoms with Crippen molar-refractivity contribution in [1.82, 2.24) is 25.8 Å². The van der Waals surface area contributed by atoms with Gasteiger partial charge in [-0.1, -0.05) is 97.9 Å². The minimum Gasteiger partial charge on any atom is -0.459 e. The van der Waals surface area contributed by atoms with Crippen molar-refractivity contribution in [3.63, 3.8) is 0 Å². The van der Waals surface area contributed by atoms with Crippen LogP contribution < -0.4 is 27.4 Å². The molecule has 2 bridgehead atoms. The molecule has 0 saturated carbocycles. The number of amides is 4. The van der Waals surface area contributed by atoms with E-state index in [-0.39, 0.29) is 37.3 Å². The van der Waals surface area contributed by atoms with Crippen LogP contribution in [-0.2, 0) is 57.6 Å². The number of nitrogens with one attached hydrogen (secondary N) is 3. The van der Waals surface area contributed by atoms with Crippen LogP contribution in [0.25, 0.3) is 0 Å². The van der Waals surface area contributed by atoms with Gasteiger partial charge in [0.25, 0.3) is 0 Å². The van der Waals surface area contributed by atoms with E-state index in [1.807, 2.05) is 83.8 Å². The van der Waals surface area contributed by atoms with Crippen molar-refractivity contribution in [1.29, 1.82) is 0 Å². The molecule has 3 aliphatic rings.